The molecule has 1 saturated heterocycles. The normalized spacial score (nSPS) is 18.9. The molecule has 0 unspecified atom stereocenters. The molecule has 0 aliphatic carbocycles. The summed E-state index contributed by atoms with van der Waals surface area (Å²) in [6.07, 6.45) is 7.79. The number of aryl methyl sites for hydroxylation is 2. The summed E-state index contributed by atoms with van der Waals surface area (Å²) in [5.41, 5.74) is 3.44. The molecule has 4 heterocycles. The fourth-order valence-electron chi connectivity index (χ4n) is 3.85. The van der Waals surface area contributed by atoms with Gasteiger partial charge in [0, 0.05) is 43.5 Å². The molecule has 0 spiro atoms. The Bertz CT molecular complexity index is 849. The van der Waals surface area contributed by atoms with Crippen molar-refractivity contribution in [2.75, 3.05) is 13.1 Å². The molecule has 0 bridgehead atoms. The lowest BCUT2D eigenvalue weighted by Crippen LogP contribution is -2.34. The summed E-state index contributed by atoms with van der Waals surface area (Å²) in [4.78, 5) is 2.54. The lowest BCUT2D eigenvalue weighted by Gasteiger charge is -2.31. The van der Waals surface area contributed by atoms with Crippen molar-refractivity contribution in [3.05, 3.63) is 47.7 Å². The van der Waals surface area contributed by atoms with Gasteiger partial charge in [0.05, 0.1) is 5.69 Å². The number of aromatic nitrogens is 5. The largest absolute Gasteiger partial charge is 0.298 e. The number of hydrogen-bond acceptors (Lipinski definition) is 4. The van der Waals surface area contributed by atoms with E-state index in [0.29, 0.717) is 5.92 Å². The van der Waals surface area contributed by atoms with E-state index in [1.807, 2.05) is 18.2 Å². The van der Waals surface area contributed by atoms with Gasteiger partial charge >= 0.3 is 0 Å². The highest BCUT2D eigenvalue weighted by Crippen LogP contribution is 2.27. The van der Waals surface area contributed by atoms with Crippen LogP contribution in [0.2, 0.25) is 0 Å². The van der Waals surface area contributed by atoms with Crippen molar-refractivity contribution < 1.29 is 0 Å². The first-order valence-electron chi connectivity index (χ1n) is 9.29. The van der Waals surface area contributed by atoms with E-state index >= 15 is 0 Å². The second-order valence-electron chi connectivity index (χ2n) is 7.06. The monoisotopic (exact) mass is 338 g/mol. The summed E-state index contributed by atoms with van der Waals surface area (Å²) in [6, 6.07) is 6.08. The zero-order chi connectivity index (χ0) is 17.2. The molecule has 4 rings (SSSR count). The summed E-state index contributed by atoms with van der Waals surface area (Å²) in [5, 5.41) is 13.4. The quantitative estimate of drug-likeness (QED) is 0.717. The van der Waals surface area contributed by atoms with E-state index in [2.05, 4.69) is 55.5 Å². The average Bonchev–Trinajstić information content (AvgIpc) is 3.19. The third kappa shape index (κ3) is 3.31. The number of hydrogen-bond donors (Lipinski definition) is 0. The van der Waals surface area contributed by atoms with E-state index < -0.39 is 0 Å². The molecule has 0 amide bonds. The highest BCUT2D eigenvalue weighted by atomic mass is 15.3. The van der Waals surface area contributed by atoms with Crippen molar-refractivity contribution in [2.45, 2.75) is 52.1 Å². The maximum absolute atomic E-state index is 4.64. The molecule has 3 aromatic rings. The van der Waals surface area contributed by atoms with Gasteiger partial charge in [-0.05, 0) is 44.9 Å². The molecule has 1 fully saturated rings. The van der Waals surface area contributed by atoms with Crippen LogP contribution in [0, 0.1) is 6.92 Å². The van der Waals surface area contributed by atoms with Crippen LogP contribution < -0.4 is 0 Å². The van der Waals surface area contributed by atoms with Crippen LogP contribution in [0.5, 0.6) is 0 Å². The van der Waals surface area contributed by atoms with E-state index in [4.69, 9.17) is 0 Å². The smallest absolute Gasteiger partial charge is 0.160 e. The van der Waals surface area contributed by atoms with E-state index in [9.17, 15) is 0 Å². The molecular weight excluding hydrogens is 312 g/mol. The Kier molecular flexibility index (Phi) is 4.53. The van der Waals surface area contributed by atoms with Gasteiger partial charge in [-0.2, -0.15) is 5.10 Å². The molecule has 1 atom stereocenters. The maximum atomic E-state index is 4.64. The number of pyridine rings is 1. The standard InChI is InChI=1S/C19H26N6/c1-3-9-24-14-17(15(2)22-24)13-23-10-6-7-16(12-23)19-21-20-18-8-4-5-11-25(18)19/h4-5,8,11,14,16H,3,6-7,9-10,12-13H2,1-2H3/t16-/m0/s1. The maximum Gasteiger partial charge on any atom is 0.160 e. The van der Waals surface area contributed by atoms with Gasteiger partial charge in [0.2, 0.25) is 0 Å². The Morgan fingerprint density at radius 1 is 1.24 bits per heavy atom. The Morgan fingerprint density at radius 3 is 3.04 bits per heavy atom. The lowest BCUT2D eigenvalue weighted by atomic mass is 9.97. The van der Waals surface area contributed by atoms with Crippen LogP contribution in [0.3, 0.4) is 0 Å². The first kappa shape index (κ1) is 16.3. The predicted octanol–water partition coefficient (Wildman–Crippen LogP) is 3.02. The van der Waals surface area contributed by atoms with Gasteiger partial charge in [0.25, 0.3) is 0 Å². The van der Waals surface area contributed by atoms with Crippen molar-refractivity contribution in [3.63, 3.8) is 0 Å². The SMILES string of the molecule is CCCn1cc(CN2CCC[C@H](c3nnc4ccccn34)C2)c(C)n1. The molecule has 3 aromatic heterocycles. The molecule has 0 radical (unpaired) electrons. The van der Waals surface area contributed by atoms with E-state index in [1.165, 1.54) is 18.4 Å². The first-order chi connectivity index (χ1) is 12.2. The van der Waals surface area contributed by atoms with Crippen molar-refractivity contribution in [1.82, 2.24) is 29.3 Å². The number of fused-ring (bicyclic) bond motifs is 1. The molecule has 6 nitrogen and oxygen atoms in total. The van der Waals surface area contributed by atoms with Crippen molar-refractivity contribution in [3.8, 4) is 0 Å². The Labute approximate surface area is 148 Å². The first-order valence-corrected chi connectivity index (χ1v) is 9.29. The zero-order valence-electron chi connectivity index (χ0n) is 15.1. The summed E-state index contributed by atoms with van der Waals surface area (Å²) in [6.45, 7) is 8.46. The minimum atomic E-state index is 0.442. The number of nitrogens with zero attached hydrogens (tertiary/aromatic N) is 6. The van der Waals surface area contributed by atoms with Gasteiger partial charge in [-0.3, -0.25) is 14.0 Å². The Hall–Kier alpha value is -2.21. The molecule has 1 aliphatic rings. The topological polar surface area (TPSA) is 51.2 Å². The second-order valence-corrected chi connectivity index (χ2v) is 7.06. The van der Waals surface area contributed by atoms with Gasteiger partial charge in [-0.15, -0.1) is 10.2 Å². The minimum absolute atomic E-state index is 0.442. The Morgan fingerprint density at radius 2 is 2.16 bits per heavy atom. The molecule has 132 valence electrons. The van der Waals surface area contributed by atoms with Crippen molar-refractivity contribution in [1.29, 1.82) is 0 Å². The van der Waals surface area contributed by atoms with Crippen LogP contribution in [-0.2, 0) is 13.1 Å². The summed E-state index contributed by atoms with van der Waals surface area (Å²) >= 11 is 0. The molecule has 0 N–H and O–H groups in total. The van der Waals surface area contributed by atoms with E-state index in [1.54, 1.807) is 0 Å². The highest BCUT2D eigenvalue weighted by molar-refractivity contribution is 5.37. The van der Waals surface area contributed by atoms with E-state index in [0.717, 1.165) is 49.8 Å². The molecule has 0 saturated carbocycles. The van der Waals surface area contributed by atoms with Gasteiger partial charge in [0.1, 0.15) is 5.82 Å². The van der Waals surface area contributed by atoms with Crippen LogP contribution in [0.15, 0.2) is 30.6 Å². The number of rotatable bonds is 5. The van der Waals surface area contributed by atoms with Gasteiger partial charge in [-0.1, -0.05) is 13.0 Å². The van der Waals surface area contributed by atoms with Crippen molar-refractivity contribution in [2.24, 2.45) is 0 Å². The fourth-order valence-corrected chi connectivity index (χ4v) is 3.85. The van der Waals surface area contributed by atoms with Gasteiger partial charge in [-0.25, -0.2) is 0 Å². The average molecular weight is 338 g/mol. The molecular formula is C19H26N6. The van der Waals surface area contributed by atoms with Crippen LogP contribution in [-0.4, -0.2) is 42.4 Å². The zero-order valence-corrected chi connectivity index (χ0v) is 15.1. The number of likely N-dealkylation sites (tertiary alicyclic amines) is 1. The van der Waals surface area contributed by atoms with Crippen LogP contribution in [0.4, 0.5) is 0 Å². The number of piperidine rings is 1. The van der Waals surface area contributed by atoms with Crippen LogP contribution in [0.25, 0.3) is 5.65 Å². The van der Waals surface area contributed by atoms with Gasteiger partial charge in [0.15, 0.2) is 5.65 Å². The summed E-state index contributed by atoms with van der Waals surface area (Å²) < 4.78 is 4.22. The molecule has 25 heavy (non-hydrogen) atoms. The van der Waals surface area contributed by atoms with Crippen LogP contribution >= 0.6 is 0 Å². The third-order valence-corrected chi connectivity index (χ3v) is 5.11. The van der Waals surface area contributed by atoms with Crippen molar-refractivity contribution >= 4 is 5.65 Å². The second kappa shape index (κ2) is 6.96. The van der Waals surface area contributed by atoms with Gasteiger partial charge < -0.3 is 0 Å². The third-order valence-electron chi connectivity index (χ3n) is 5.11. The highest BCUT2D eigenvalue weighted by Gasteiger charge is 2.25. The molecule has 6 heteroatoms. The molecule has 0 aromatic carbocycles. The minimum Gasteiger partial charge on any atom is -0.298 e. The fraction of sp³-hybridized carbons (Fsp3) is 0.526. The summed E-state index contributed by atoms with van der Waals surface area (Å²) in [5.74, 6) is 1.54. The predicted molar refractivity (Wildman–Crippen MR) is 97.5 cm³/mol. The lowest BCUT2D eigenvalue weighted by molar-refractivity contribution is 0.195. The Balaban J connectivity index is 1.49. The van der Waals surface area contributed by atoms with Crippen LogP contribution in [0.1, 0.15) is 49.2 Å². The van der Waals surface area contributed by atoms with E-state index in [-0.39, 0.29) is 0 Å². The molecule has 1 aliphatic heterocycles. The summed E-state index contributed by atoms with van der Waals surface area (Å²) in [7, 11) is 0.